The maximum absolute atomic E-state index is 11.8. The van der Waals surface area contributed by atoms with Crippen LogP contribution in [-0.4, -0.2) is 28.5 Å². The summed E-state index contributed by atoms with van der Waals surface area (Å²) in [6, 6.07) is 9.10. The van der Waals surface area contributed by atoms with E-state index in [1.807, 2.05) is 18.2 Å². The molecule has 1 aliphatic rings. The number of benzene rings is 1. The molecule has 0 unspecified atom stereocenters. The summed E-state index contributed by atoms with van der Waals surface area (Å²) in [6.07, 6.45) is -0.268. The van der Waals surface area contributed by atoms with E-state index in [2.05, 4.69) is 5.32 Å². The summed E-state index contributed by atoms with van der Waals surface area (Å²) in [4.78, 5) is 34.4. The monoisotopic (exact) mass is 291 g/mol. The van der Waals surface area contributed by atoms with Crippen LogP contribution in [0.1, 0.15) is 31.2 Å². The second-order valence-electron chi connectivity index (χ2n) is 5.11. The minimum atomic E-state index is -1.40. The van der Waals surface area contributed by atoms with E-state index in [1.54, 1.807) is 12.1 Å². The van der Waals surface area contributed by atoms with Crippen LogP contribution in [0.4, 0.5) is 4.79 Å². The van der Waals surface area contributed by atoms with Gasteiger partial charge in [0, 0.05) is 12.8 Å². The molecule has 0 bridgehead atoms. The first-order valence-corrected chi connectivity index (χ1v) is 6.76. The smallest absolute Gasteiger partial charge is 0.408 e. The fourth-order valence-corrected chi connectivity index (χ4v) is 2.30. The summed E-state index contributed by atoms with van der Waals surface area (Å²) in [5.74, 6) is -1.11. The van der Waals surface area contributed by atoms with E-state index in [0.717, 1.165) is 5.56 Å². The van der Waals surface area contributed by atoms with Gasteiger partial charge in [0.25, 0.3) is 0 Å². The predicted octanol–water partition coefficient (Wildman–Crippen LogP) is 1.88. The molecular formula is C15H17NO5. The van der Waals surface area contributed by atoms with Gasteiger partial charge in [0.15, 0.2) is 0 Å². The number of carboxylic acids is 1. The lowest BCUT2D eigenvalue weighted by Gasteiger charge is -2.32. The highest BCUT2D eigenvalue weighted by Crippen LogP contribution is 2.26. The summed E-state index contributed by atoms with van der Waals surface area (Å²) in [6.45, 7) is 0.0707. The molecule has 1 aromatic rings. The molecule has 2 N–H and O–H groups in total. The van der Waals surface area contributed by atoms with Crippen molar-refractivity contribution in [3.05, 3.63) is 35.9 Å². The first-order valence-electron chi connectivity index (χ1n) is 6.76. The van der Waals surface area contributed by atoms with E-state index >= 15 is 0 Å². The molecule has 2 rings (SSSR count). The Labute approximate surface area is 122 Å². The molecule has 1 saturated carbocycles. The molecule has 21 heavy (non-hydrogen) atoms. The quantitative estimate of drug-likeness (QED) is 0.883. The molecule has 0 radical (unpaired) electrons. The van der Waals surface area contributed by atoms with Crippen molar-refractivity contribution < 1.29 is 24.2 Å². The Morgan fingerprint density at radius 3 is 2.38 bits per heavy atom. The van der Waals surface area contributed by atoms with Gasteiger partial charge in [0.2, 0.25) is 0 Å². The number of amides is 1. The lowest BCUT2D eigenvalue weighted by Crippen LogP contribution is -2.56. The van der Waals surface area contributed by atoms with Crippen molar-refractivity contribution in [3.63, 3.8) is 0 Å². The number of ketones is 1. The van der Waals surface area contributed by atoms with Crippen LogP contribution in [-0.2, 0) is 20.9 Å². The number of alkyl carbamates (subject to hydrolysis) is 1. The largest absolute Gasteiger partial charge is 0.480 e. The number of hydrogen-bond donors (Lipinski definition) is 2. The molecular weight excluding hydrogens is 274 g/mol. The van der Waals surface area contributed by atoms with Gasteiger partial charge in [-0.15, -0.1) is 0 Å². The molecule has 0 atom stereocenters. The molecule has 0 aliphatic heterocycles. The van der Waals surface area contributed by atoms with Gasteiger partial charge < -0.3 is 15.2 Å². The molecule has 1 aromatic carbocycles. The van der Waals surface area contributed by atoms with Crippen LogP contribution in [0.2, 0.25) is 0 Å². The number of Topliss-reactive ketones (excluding diaryl/α,β-unsaturated/α-hetero) is 1. The van der Waals surface area contributed by atoms with Crippen molar-refractivity contribution in [1.29, 1.82) is 0 Å². The summed E-state index contributed by atoms with van der Waals surface area (Å²) in [5.41, 5.74) is -0.586. The van der Waals surface area contributed by atoms with E-state index in [1.165, 1.54) is 0 Å². The standard InChI is InChI=1S/C15H17NO5/c17-12-6-8-15(9-7-12,13(18)19)16-14(20)21-10-11-4-2-1-3-5-11/h1-5H,6-10H2,(H,16,20)(H,18,19). The van der Waals surface area contributed by atoms with Gasteiger partial charge in [-0.2, -0.15) is 0 Å². The number of carbonyl (C=O) groups is 3. The second kappa shape index (κ2) is 6.39. The molecule has 1 amide bonds. The van der Waals surface area contributed by atoms with Crippen molar-refractivity contribution in [3.8, 4) is 0 Å². The van der Waals surface area contributed by atoms with Crippen LogP contribution in [0, 0.1) is 0 Å². The van der Waals surface area contributed by atoms with Crippen molar-refractivity contribution in [2.45, 2.75) is 37.8 Å². The number of rotatable bonds is 4. The maximum Gasteiger partial charge on any atom is 0.408 e. The number of aliphatic carboxylic acids is 1. The Hall–Kier alpha value is -2.37. The molecule has 112 valence electrons. The van der Waals surface area contributed by atoms with Crippen molar-refractivity contribution in [1.82, 2.24) is 5.32 Å². The average molecular weight is 291 g/mol. The van der Waals surface area contributed by atoms with E-state index in [9.17, 15) is 19.5 Å². The van der Waals surface area contributed by atoms with Crippen LogP contribution in [0.25, 0.3) is 0 Å². The van der Waals surface area contributed by atoms with E-state index < -0.39 is 17.6 Å². The molecule has 0 heterocycles. The number of hydrogen-bond acceptors (Lipinski definition) is 4. The fraction of sp³-hybridized carbons (Fsp3) is 0.400. The van der Waals surface area contributed by atoms with Gasteiger partial charge in [-0.3, -0.25) is 4.79 Å². The van der Waals surface area contributed by atoms with Crippen LogP contribution < -0.4 is 5.32 Å². The molecule has 6 nitrogen and oxygen atoms in total. The van der Waals surface area contributed by atoms with Crippen LogP contribution in [0.3, 0.4) is 0 Å². The third-order valence-corrected chi connectivity index (χ3v) is 3.62. The summed E-state index contributed by atoms with van der Waals surface area (Å²) >= 11 is 0. The topological polar surface area (TPSA) is 92.7 Å². The van der Waals surface area contributed by atoms with Gasteiger partial charge in [0.05, 0.1) is 0 Å². The molecule has 0 aromatic heterocycles. The first kappa shape index (κ1) is 15.0. The zero-order chi connectivity index (χ0) is 15.3. The fourth-order valence-electron chi connectivity index (χ4n) is 2.30. The maximum atomic E-state index is 11.8. The summed E-state index contributed by atoms with van der Waals surface area (Å²) in [5, 5.41) is 11.7. The lowest BCUT2D eigenvalue weighted by atomic mass is 9.81. The number of carbonyl (C=O) groups excluding carboxylic acids is 2. The third kappa shape index (κ3) is 3.81. The van der Waals surface area contributed by atoms with Gasteiger partial charge in [0.1, 0.15) is 17.9 Å². The van der Waals surface area contributed by atoms with E-state index in [0.29, 0.717) is 0 Å². The Balaban J connectivity index is 1.93. The number of ether oxygens (including phenoxy) is 1. The normalized spacial score (nSPS) is 17.0. The number of nitrogens with one attached hydrogen (secondary N) is 1. The molecule has 0 saturated heterocycles. The predicted molar refractivity (Wildman–Crippen MR) is 73.6 cm³/mol. The Bertz CT molecular complexity index is 530. The highest BCUT2D eigenvalue weighted by Gasteiger charge is 2.43. The van der Waals surface area contributed by atoms with Crippen molar-refractivity contribution in [2.24, 2.45) is 0 Å². The van der Waals surface area contributed by atoms with Gasteiger partial charge >= 0.3 is 12.1 Å². The summed E-state index contributed by atoms with van der Waals surface area (Å²) < 4.78 is 5.03. The van der Waals surface area contributed by atoms with Gasteiger partial charge in [-0.25, -0.2) is 9.59 Å². The Morgan fingerprint density at radius 2 is 1.81 bits per heavy atom. The summed E-state index contributed by atoms with van der Waals surface area (Å²) in [7, 11) is 0. The zero-order valence-electron chi connectivity index (χ0n) is 11.5. The third-order valence-electron chi connectivity index (χ3n) is 3.62. The molecule has 1 fully saturated rings. The van der Waals surface area contributed by atoms with Crippen LogP contribution >= 0.6 is 0 Å². The van der Waals surface area contributed by atoms with E-state index in [-0.39, 0.29) is 38.1 Å². The Morgan fingerprint density at radius 1 is 1.19 bits per heavy atom. The van der Waals surface area contributed by atoms with Crippen LogP contribution in [0.15, 0.2) is 30.3 Å². The van der Waals surface area contributed by atoms with Crippen molar-refractivity contribution in [2.75, 3.05) is 0 Å². The molecule has 6 heteroatoms. The van der Waals surface area contributed by atoms with Crippen molar-refractivity contribution >= 4 is 17.8 Å². The lowest BCUT2D eigenvalue weighted by molar-refractivity contribution is -0.147. The zero-order valence-corrected chi connectivity index (χ0v) is 11.5. The first-order chi connectivity index (χ1) is 10.0. The SMILES string of the molecule is O=C1CCC(NC(=O)OCc2ccccc2)(C(=O)O)CC1. The van der Waals surface area contributed by atoms with E-state index in [4.69, 9.17) is 4.74 Å². The van der Waals surface area contributed by atoms with Gasteiger partial charge in [-0.05, 0) is 18.4 Å². The van der Waals surface area contributed by atoms with Gasteiger partial charge in [-0.1, -0.05) is 30.3 Å². The minimum absolute atomic E-state index is 0.0197. The second-order valence-corrected chi connectivity index (χ2v) is 5.11. The highest BCUT2D eigenvalue weighted by molar-refractivity contribution is 5.88. The van der Waals surface area contributed by atoms with Crippen LogP contribution in [0.5, 0.6) is 0 Å². The molecule has 0 spiro atoms. The minimum Gasteiger partial charge on any atom is -0.480 e. The Kier molecular flexibility index (Phi) is 4.57. The number of carboxylic acid groups (broad SMARTS) is 1. The molecule has 1 aliphatic carbocycles. The highest BCUT2D eigenvalue weighted by atomic mass is 16.5. The average Bonchev–Trinajstić information content (AvgIpc) is 2.48.